The number of aryl methyl sites for hydroxylation is 1. The van der Waals surface area contributed by atoms with E-state index in [2.05, 4.69) is 5.32 Å². The fourth-order valence-electron chi connectivity index (χ4n) is 4.04. The molecular formula is C24H32N2O5S. The quantitative estimate of drug-likeness (QED) is 0.652. The van der Waals surface area contributed by atoms with Gasteiger partial charge < -0.3 is 14.8 Å². The van der Waals surface area contributed by atoms with Crippen molar-refractivity contribution in [1.82, 2.24) is 9.62 Å². The lowest BCUT2D eigenvalue weighted by Gasteiger charge is -2.31. The first-order valence-corrected chi connectivity index (χ1v) is 12.4. The van der Waals surface area contributed by atoms with Gasteiger partial charge in [0.05, 0.1) is 26.0 Å². The SMILES string of the molecule is COc1ccc(OC)c([C@H](C)NC(=O)C2CCN(S(=O)(=O)Cc3ccccc3C)CC2)c1. The van der Waals surface area contributed by atoms with Gasteiger partial charge in [-0.15, -0.1) is 0 Å². The number of benzene rings is 2. The van der Waals surface area contributed by atoms with Gasteiger partial charge in [-0.05, 0) is 56.0 Å². The Hall–Kier alpha value is -2.58. The minimum Gasteiger partial charge on any atom is -0.497 e. The maximum Gasteiger partial charge on any atom is 0.223 e. The maximum atomic E-state index is 12.9. The van der Waals surface area contributed by atoms with Crippen molar-refractivity contribution in [2.24, 2.45) is 5.92 Å². The third kappa shape index (κ3) is 5.61. The molecule has 174 valence electrons. The molecular weight excluding hydrogens is 428 g/mol. The van der Waals surface area contributed by atoms with Crippen molar-refractivity contribution in [1.29, 1.82) is 0 Å². The molecule has 0 aliphatic carbocycles. The van der Waals surface area contributed by atoms with Crippen molar-refractivity contribution < 1.29 is 22.7 Å². The number of nitrogens with one attached hydrogen (secondary N) is 1. The van der Waals surface area contributed by atoms with E-state index in [1.54, 1.807) is 14.2 Å². The van der Waals surface area contributed by atoms with Crippen molar-refractivity contribution >= 4 is 15.9 Å². The summed E-state index contributed by atoms with van der Waals surface area (Å²) in [5, 5.41) is 3.05. The Balaban J connectivity index is 1.59. The molecule has 1 amide bonds. The van der Waals surface area contributed by atoms with Gasteiger partial charge in [-0.25, -0.2) is 12.7 Å². The number of methoxy groups -OCH3 is 2. The van der Waals surface area contributed by atoms with Crippen LogP contribution in [0.25, 0.3) is 0 Å². The zero-order valence-electron chi connectivity index (χ0n) is 19.1. The van der Waals surface area contributed by atoms with Gasteiger partial charge in [0, 0.05) is 24.6 Å². The first-order valence-electron chi connectivity index (χ1n) is 10.8. The van der Waals surface area contributed by atoms with Gasteiger partial charge in [-0.1, -0.05) is 24.3 Å². The van der Waals surface area contributed by atoms with Crippen LogP contribution in [0.2, 0.25) is 0 Å². The summed E-state index contributed by atoms with van der Waals surface area (Å²) in [6.07, 6.45) is 1.00. The number of amides is 1. The second-order valence-corrected chi connectivity index (χ2v) is 10.2. The van der Waals surface area contributed by atoms with Crippen LogP contribution in [0.5, 0.6) is 11.5 Å². The highest BCUT2D eigenvalue weighted by Crippen LogP contribution is 2.30. The molecule has 1 N–H and O–H groups in total. The van der Waals surface area contributed by atoms with Gasteiger partial charge in [0.1, 0.15) is 11.5 Å². The molecule has 1 heterocycles. The Morgan fingerprint density at radius 2 is 1.81 bits per heavy atom. The smallest absolute Gasteiger partial charge is 0.223 e. The van der Waals surface area contributed by atoms with Gasteiger partial charge in [0.15, 0.2) is 0 Å². The molecule has 2 aromatic carbocycles. The zero-order valence-corrected chi connectivity index (χ0v) is 19.9. The lowest BCUT2D eigenvalue weighted by Crippen LogP contribution is -2.43. The number of carbonyl (C=O) groups is 1. The second-order valence-electron chi connectivity index (χ2n) is 8.19. The lowest BCUT2D eigenvalue weighted by atomic mass is 9.96. The monoisotopic (exact) mass is 460 g/mol. The van der Waals surface area contributed by atoms with Crippen LogP contribution in [0, 0.1) is 12.8 Å². The van der Waals surface area contributed by atoms with E-state index in [1.165, 1.54) is 4.31 Å². The fraction of sp³-hybridized carbons (Fsp3) is 0.458. The Morgan fingerprint density at radius 3 is 2.44 bits per heavy atom. The van der Waals surface area contributed by atoms with Crippen LogP contribution in [0.15, 0.2) is 42.5 Å². The molecule has 1 atom stereocenters. The fourth-order valence-corrected chi connectivity index (χ4v) is 5.71. The second kappa shape index (κ2) is 10.4. The molecule has 8 heteroatoms. The standard InChI is InChI=1S/C24H32N2O5S/c1-17-7-5-6-8-20(17)16-32(28,29)26-13-11-19(12-14-26)24(27)25-18(2)22-15-21(30-3)9-10-23(22)31-4/h5-10,15,18-19H,11-14,16H2,1-4H3,(H,25,27)/t18-/m0/s1. The number of nitrogens with zero attached hydrogens (tertiary/aromatic N) is 1. The third-order valence-electron chi connectivity index (χ3n) is 6.08. The number of carbonyl (C=O) groups excluding carboxylic acids is 1. The zero-order chi connectivity index (χ0) is 23.3. The van der Waals surface area contributed by atoms with E-state index in [9.17, 15) is 13.2 Å². The number of hydrogen-bond acceptors (Lipinski definition) is 5. The average Bonchev–Trinajstić information content (AvgIpc) is 2.80. The van der Waals surface area contributed by atoms with Crippen LogP contribution in [0.4, 0.5) is 0 Å². The van der Waals surface area contributed by atoms with Crippen LogP contribution in [-0.4, -0.2) is 45.9 Å². The normalized spacial score (nSPS) is 16.4. The van der Waals surface area contributed by atoms with E-state index in [0.29, 0.717) is 37.4 Å². The third-order valence-corrected chi connectivity index (χ3v) is 7.91. The number of piperidine rings is 1. The molecule has 0 aromatic heterocycles. The van der Waals surface area contributed by atoms with Crippen molar-refractivity contribution in [3.05, 3.63) is 59.2 Å². The summed E-state index contributed by atoms with van der Waals surface area (Å²) in [5.74, 6) is 1.06. The summed E-state index contributed by atoms with van der Waals surface area (Å²) in [4.78, 5) is 12.9. The number of ether oxygens (including phenoxy) is 2. The molecule has 0 bridgehead atoms. The topological polar surface area (TPSA) is 84.9 Å². The first kappa shape index (κ1) is 24.1. The largest absolute Gasteiger partial charge is 0.497 e. The molecule has 0 saturated carbocycles. The van der Waals surface area contributed by atoms with Crippen molar-refractivity contribution in [2.75, 3.05) is 27.3 Å². The predicted molar refractivity (Wildman–Crippen MR) is 124 cm³/mol. The highest BCUT2D eigenvalue weighted by Gasteiger charge is 2.32. The Bertz CT molecular complexity index is 1050. The van der Waals surface area contributed by atoms with E-state index >= 15 is 0 Å². The van der Waals surface area contributed by atoms with Gasteiger partial charge >= 0.3 is 0 Å². The molecule has 1 aliphatic rings. The van der Waals surface area contributed by atoms with Crippen molar-refractivity contribution in [3.8, 4) is 11.5 Å². The van der Waals surface area contributed by atoms with Crippen molar-refractivity contribution in [2.45, 2.75) is 38.5 Å². The molecule has 2 aromatic rings. The molecule has 1 aliphatic heterocycles. The average molecular weight is 461 g/mol. The number of sulfonamides is 1. The summed E-state index contributed by atoms with van der Waals surface area (Å²) in [7, 11) is -0.236. The van der Waals surface area contributed by atoms with Gasteiger partial charge in [0.25, 0.3) is 0 Å². The molecule has 1 saturated heterocycles. The summed E-state index contributed by atoms with van der Waals surface area (Å²) in [6.45, 7) is 4.52. The molecule has 0 unspecified atom stereocenters. The number of rotatable bonds is 8. The first-order chi connectivity index (χ1) is 15.2. The van der Waals surface area contributed by atoms with Gasteiger partial charge in [-0.3, -0.25) is 4.79 Å². The van der Waals surface area contributed by atoms with Gasteiger partial charge in [-0.2, -0.15) is 0 Å². The Morgan fingerprint density at radius 1 is 1.12 bits per heavy atom. The molecule has 3 rings (SSSR count). The van der Waals surface area contributed by atoms with Crippen LogP contribution in [0.3, 0.4) is 0 Å². The minimum atomic E-state index is -3.42. The highest BCUT2D eigenvalue weighted by molar-refractivity contribution is 7.88. The summed E-state index contributed by atoms with van der Waals surface area (Å²) < 4.78 is 38.0. The highest BCUT2D eigenvalue weighted by atomic mass is 32.2. The van der Waals surface area contributed by atoms with Crippen LogP contribution < -0.4 is 14.8 Å². The predicted octanol–water partition coefficient (Wildman–Crippen LogP) is 3.43. The van der Waals surface area contributed by atoms with E-state index in [4.69, 9.17) is 9.47 Å². The molecule has 7 nitrogen and oxygen atoms in total. The van der Waals surface area contributed by atoms with Crippen molar-refractivity contribution in [3.63, 3.8) is 0 Å². The molecule has 0 spiro atoms. The van der Waals surface area contributed by atoms with Crippen LogP contribution in [0.1, 0.15) is 42.5 Å². The van der Waals surface area contributed by atoms with Crippen LogP contribution >= 0.6 is 0 Å². The molecule has 0 radical (unpaired) electrons. The summed E-state index contributed by atoms with van der Waals surface area (Å²) in [5.41, 5.74) is 2.61. The Kier molecular flexibility index (Phi) is 7.79. The van der Waals surface area contributed by atoms with Gasteiger partial charge in [0.2, 0.25) is 15.9 Å². The minimum absolute atomic E-state index is 0.0107. The summed E-state index contributed by atoms with van der Waals surface area (Å²) in [6, 6.07) is 12.7. The summed E-state index contributed by atoms with van der Waals surface area (Å²) >= 11 is 0. The maximum absolute atomic E-state index is 12.9. The Labute approximate surface area is 190 Å². The van der Waals surface area contributed by atoms with E-state index in [1.807, 2.05) is 56.3 Å². The number of hydrogen-bond donors (Lipinski definition) is 1. The molecule has 1 fully saturated rings. The molecule has 32 heavy (non-hydrogen) atoms. The van der Waals surface area contributed by atoms with E-state index < -0.39 is 10.0 Å². The lowest BCUT2D eigenvalue weighted by molar-refractivity contribution is -0.126. The van der Waals surface area contributed by atoms with Crippen LogP contribution in [-0.2, 0) is 20.6 Å². The van der Waals surface area contributed by atoms with E-state index in [0.717, 1.165) is 16.7 Å². The van der Waals surface area contributed by atoms with E-state index in [-0.39, 0.29) is 23.6 Å².